The van der Waals surface area contributed by atoms with Crippen LogP contribution in [0.25, 0.3) is 0 Å². The Kier molecular flexibility index (Phi) is 10.8. The summed E-state index contributed by atoms with van der Waals surface area (Å²) in [6, 6.07) is 10.4. The highest BCUT2D eigenvalue weighted by atomic mass is 16.6. The zero-order chi connectivity index (χ0) is 21.0. The minimum absolute atomic E-state index is 0.0681. The van der Waals surface area contributed by atoms with Gasteiger partial charge in [-0.25, -0.2) is 0 Å². The first-order valence-corrected chi connectivity index (χ1v) is 10.4. The number of nitrogens with two attached hydrogens (primary N) is 1. The summed E-state index contributed by atoms with van der Waals surface area (Å²) in [5.74, 6) is -2.06. The van der Waals surface area contributed by atoms with Crippen molar-refractivity contribution in [2.75, 3.05) is 0 Å². The maximum absolute atomic E-state index is 11.7. The summed E-state index contributed by atoms with van der Waals surface area (Å²) < 4.78 is 5.18. The third-order valence-electron chi connectivity index (χ3n) is 4.69. The fourth-order valence-corrected chi connectivity index (χ4v) is 3.23. The molecule has 3 N–H and O–H groups in total. The second-order valence-corrected chi connectivity index (χ2v) is 8.60. The van der Waals surface area contributed by atoms with Crippen LogP contribution in [0.2, 0.25) is 0 Å². The number of carbonyl (C=O) groups excluding carboxylic acids is 1. The summed E-state index contributed by atoms with van der Waals surface area (Å²) in [5, 5.41) is 9.21. The number of rotatable bonds is 7. The lowest BCUT2D eigenvalue weighted by molar-refractivity contribution is -0.160. The zero-order valence-electron chi connectivity index (χ0n) is 17.7. The predicted octanol–water partition coefficient (Wildman–Crippen LogP) is 4.72. The molecule has 158 valence electrons. The molecule has 1 aromatic carbocycles. The van der Waals surface area contributed by atoms with Crippen molar-refractivity contribution in [2.45, 2.75) is 90.2 Å². The monoisotopic (exact) mass is 391 g/mol. The molecule has 1 saturated carbocycles. The van der Waals surface area contributed by atoms with Crippen LogP contribution in [0.15, 0.2) is 30.3 Å². The summed E-state index contributed by atoms with van der Waals surface area (Å²) in [4.78, 5) is 23.0. The van der Waals surface area contributed by atoms with Gasteiger partial charge in [-0.15, -0.1) is 0 Å². The van der Waals surface area contributed by atoms with E-state index in [4.69, 9.17) is 10.5 Å². The minimum Gasteiger partial charge on any atom is -0.481 e. The summed E-state index contributed by atoms with van der Waals surface area (Å²) >= 11 is 0. The van der Waals surface area contributed by atoms with Crippen molar-refractivity contribution in [2.24, 2.45) is 11.7 Å². The number of esters is 1. The molecule has 0 aromatic heterocycles. The minimum atomic E-state index is -0.936. The quantitative estimate of drug-likeness (QED) is 0.656. The van der Waals surface area contributed by atoms with Gasteiger partial charge in [-0.3, -0.25) is 9.59 Å². The van der Waals surface area contributed by atoms with Gasteiger partial charge in [0.2, 0.25) is 0 Å². The van der Waals surface area contributed by atoms with Crippen LogP contribution >= 0.6 is 0 Å². The lowest BCUT2D eigenvalue weighted by Crippen LogP contribution is -2.27. The molecule has 5 heteroatoms. The molecule has 0 spiro atoms. The molecule has 2 rings (SSSR count). The number of ether oxygens (including phenoxy) is 1. The molecule has 1 aliphatic carbocycles. The molecule has 1 fully saturated rings. The zero-order valence-corrected chi connectivity index (χ0v) is 17.7. The van der Waals surface area contributed by atoms with Gasteiger partial charge in [-0.2, -0.15) is 0 Å². The Morgan fingerprint density at radius 3 is 2.21 bits per heavy atom. The van der Waals surface area contributed by atoms with Gasteiger partial charge in [0.15, 0.2) is 0 Å². The second-order valence-electron chi connectivity index (χ2n) is 8.60. The Morgan fingerprint density at radius 2 is 1.75 bits per heavy atom. The van der Waals surface area contributed by atoms with E-state index in [1.807, 2.05) is 30.3 Å². The Morgan fingerprint density at radius 1 is 1.14 bits per heavy atom. The largest absolute Gasteiger partial charge is 0.481 e. The summed E-state index contributed by atoms with van der Waals surface area (Å²) in [6.45, 7) is 5.32. The van der Waals surface area contributed by atoms with Crippen LogP contribution in [0, 0.1) is 5.92 Å². The van der Waals surface area contributed by atoms with Crippen LogP contribution in [0.4, 0.5) is 0 Å². The molecule has 5 nitrogen and oxygen atoms in total. The Balaban J connectivity index is 0.000000467. The van der Waals surface area contributed by atoms with E-state index in [0.717, 1.165) is 12.8 Å². The van der Waals surface area contributed by atoms with Gasteiger partial charge < -0.3 is 15.6 Å². The highest BCUT2D eigenvalue weighted by molar-refractivity contribution is 5.78. The van der Waals surface area contributed by atoms with Gasteiger partial charge in [-0.05, 0) is 58.4 Å². The fraction of sp³-hybridized carbons (Fsp3) is 0.652. The number of carbonyl (C=O) groups is 2. The number of aryl methyl sites for hydroxylation is 1. The Hall–Kier alpha value is -1.88. The lowest BCUT2D eigenvalue weighted by atomic mass is 9.96. The van der Waals surface area contributed by atoms with Crippen molar-refractivity contribution in [3.63, 3.8) is 0 Å². The molecule has 0 radical (unpaired) electrons. The highest BCUT2D eigenvalue weighted by Crippen LogP contribution is 2.18. The molecule has 0 amide bonds. The Bertz CT molecular complexity index is 574. The first-order chi connectivity index (χ1) is 13.2. The van der Waals surface area contributed by atoms with E-state index in [0.29, 0.717) is 12.5 Å². The summed E-state index contributed by atoms with van der Waals surface area (Å²) in [7, 11) is 0. The van der Waals surface area contributed by atoms with Gasteiger partial charge in [-0.1, -0.05) is 49.6 Å². The molecular formula is C23H37NO4. The van der Waals surface area contributed by atoms with Gasteiger partial charge in [0.05, 0.1) is 12.3 Å². The Labute approximate surface area is 169 Å². The van der Waals surface area contributed by atoms with Crippen molar-refractivity contribution < 1.29 is 19.4 Å². The van der Waals surface area contributed by atoms with Crippen LogP contribution in [0.1, 0.15) is 77.7 Å². The maximum atomic E-state index is 11.7. The molecule has 1 unspecified atom stereocenters. The van der Waals surface area contributed by atoms with Gasteiger partial charge in [0, 0.05) is 6.04 Å². The average Bonchev–Trinajstić information content (AvgIpc) is 2.61. The van der Waals surface area contributed by atoms with Crippen LogP contribution in [-0.2, 0) is 20.7 Å². The first kappa shape index (κ1) is 24.2. The number of hydrogen-bond donors (Lipinski definition) is 2. The maximum Gasteiger partial charge on any atom is 0.307 e. The molecule has 0 aliphatic heterocycles. The van der Waals surface area contributed by atoms with Crippen molar-refractivity contribution >= 4 is 11.9 Å². The van der Waals surface area contributed by atoms with E-state index in [-0.39, 0.29) is 6.42 Å². The second kappa shape index (κ2) is 12.6. The molecule has 28 heavy (non-hydrogen) atoms. The number of carboxylic acids is 1. The van der Waals surface area contributed by atoms with Crippen molar-refractivity contribution in [3.8, 4) is 0 Å². The molecular weight excluding hydrogens is 354 g/mol. The average molecular weight is 392 g/mol. The summed E-state index contributed by atoms with van der Waals surface area (Å²) in [5.41, 5.74) is 6.24. The van der Waals surface area contributed by atoms with E-state index in [2.05, 4.69) is 0 Å². The molecule has 1 aromatic rings. The molecule has 0 saturated heterocycles. The van der Waals surface area contributed by atoms with Crippen molar-refractivity contribution in [1.29, 1.82) is 0 Å². The molecule has 1 atom stereocenters. The van der Waals surface area contributed by atoms with Gasteiger partial charge in [0.1, 0.15) is 5.60 Å². The smallest absolute Gasteiger partial charge is 0.307 e. The third-order valence-corrected chi connectivity index (χ3v) is 4.69. The number of benzene rings is 1. The van der Waals surface area contributed by atoms with E-state index < -0.39 is 23.5 Å². The van der Waals surface area contributed by atoms with Crippen molar-refractivity contribution in [3.05, 3.63) is 35.9 Å². The van der Waals surface area contributed by atoms with Crippen LogP contribution in [0.3, 0.4) is 0 Å². The van der Waals surface area contributed by atoms with Crippen LogP contribution in [0.5, 0.6) is 0 Å². The fourth-order valence-electron chi connectivity index (χ4n) is 3.23. The van der Waals surface area contributed by atoms with E-state index >= 15 is 0 Å². The lowest BCUT2D eigenvalue weighted by Gasteiger charge is -2.21. The molecule has 1 aliphatic rings. The van der Waals surface area contributed by atoms with E-state index in [1.165, 1.54) is 37.7 Å². The summed E-state index contributed by atoms with van der Waals surface area (Å²) in [6.07, 6.45) is 8.63. The normalized spacial score (nSPS) is 15.9. The SMILES string of the molecule is CC(C)(C)OC(=O)CC(CCCc1ccccc1)C(=O)O.NC1CCCCC1. The van der Waals surface area contributed by atoms with Crippen LogP contribution in [-0.4, -0.2) is 28.7 Å². The number of hydrogen-bond acceptors (Lipinski definition) is 4. The standard InChI is InChI=1S/C17H24O4.C6H13N/c1-17(2,3)21-15(18)12-14(16(19)20)11-7-10-13-8-5-4-6-9-13;7-6-4-2-1-3-5-6/h4-6,8-9,14H,7,10-12H2,1-3H3,(H,19,20);6H,1-5,7H2. The van der Waals surface area contributed by atoms with E-state index in [9.17, 15) is 14.7 Å². The first-order valence-electron chi connectivity index (χ1n) is 10.4. The number of carboxylic acid groups (broad SMARTS) is 1. The predicted molar refractivity (Wildman–Crippen MR) is 112 cm³/mol. The third kappa shape index (κ3) is 11.8. The van der Waals surface area contributed by atoms with Gasteiger partial charge in [0.25, 0.3) is 0 Å². The molecule has 0 heterocycles. The number of aliphatic carboxylic acids is 1. The topological polar surface area (TPSA) is 89.6 Å². The molecule has 0 bridgehead atoms. The highest BCUT2D eigenvalue weighted by Gasteiger charge is 2.24. The van der Waals surface area contributed by atoms with Gasteiger partial charge >= 0.3 is 11.9 Å². The van der Waals surface area contributed by atoms with Crippen LogP contribution < -0.4 is 5.73 Å². The van der Waals surface area contributed by atoms with E-state index in [1.54, 1.807) is 20.8 Å². The van der Waals surface area contributed by atoms with Crippen molar-refractivity contribution in [1.82, 2.24) is 0 Å².